The monoisotopic (exact) mass is 331 g/mol. The molecule has 0 bridgehead atoms. The highest BCUT2D eigenvalue weighted by Crippen LogP contribution is 2.35. The normalized spacial score (nSPS) is 31.0. The third-order valence-electron chi connectivity index (χ3n) is 5.47. The van der Waals surface area contributed by atoms with E-state index in [2.05, 4.69) is 16.0 Å². The average molecular weight is 331 g/mol. The van der Waals surface area contributed by atoms with Gasteiger partial charge in [0.1, 0.15) is 0 Å². The Morgan fingerprint density at radius 2 is 2.04 bits per heavy atom. The van der Waals surface area contributed by atoms with E-state index in [1.165, 1.54) is 0 Å². The molecule has 24 heavy (non-hydrogen) atoms. The van der Waals surface area contributed by atoms with Crippen LogP contribution in [0.25, 0.3) is 0 Å². The van der Waals surface area contributed by atoms with Crippen molar-refractivity contribution in [2.75, 3.05) is 52.6 Å². The molecule has 3 fully saturated rings. The number of fused-ring (bicyclic) bond motifs is 1. The smallest absolute Gasteiger partial charge is 0.228 e. The summed E-state index contributed by atoms with van der Waals surface area (Å²) < 4.78 is 11.2. The van der Waals surface area contributed by atoms with Crippen molar-refractivity contribution in [3.05, 3.63) is 30.1 Å². The molecular formula is C18H25N3O3. The molecule has 1 aromatic heterocycles. The molecule has 0 unspecified atom stereocenters. The minimum Gasteiger partial charge on any atom is -0.380 e. The van der Waals surface area contributed by atoms with Gasteiger partial charge in [0.2, 0.25) is 5.91 Å². The number of morpholine rings is 1. The zero-order valence-electron chi connectivity index (χ0n) is 14.0. The summed E-state index contributed by atoms with van der Waals surface area (Å²) in [6, 6.07) is 6.03. The Labute approximate surface area is 142 Å². The van der Waals surface area contributed by atoms with Crippen LogP contribution in [0, 0.1) is 17.8 Å². The van der Waals surface area contributed by atoms with Gasteiger partial charge in [0, 0.05) is 38.9 Å². The molecule has 0 N–H and O–H groups in total. The lowest BCUT2D eigenvalue weighted by Gasteiger charge is -2.36. The van der Waals surface area contributed by atoms with Gasteiger partial charge in [-0.3, -0.25) is 14.7 Å². The first-order chi connectivity index (χ1) is 11.8. The summed E-state index contributed by atoms with van der Waals surface area (Å²) in [7, 11) is 0. The second-order valence-electron chi connectivity index (χ2n) is 7.02. The lowest BCUT2D eigenvalue weighted by molar-refractivity contribution is -0.148. The van der Waals surface area contributed by atoms with Crippen molar-refractivity contribution < 1.29 is 14.3 Å². The molecule has 1 amide bonds. The SMILES string of the molecule is O=C([C@H]1COC[C@H]2CN(Cc3ccccn3)C[C@H]21)N1CCOCC1. The van der Waals surface area contributed by atoms with E-state index < -0.39 is 0 Å². The number of amides is 1. The number of likely N-dealkylation sites (tertiary alicyclic amines) is 1. The van der Waals surface area contributed by atoms with E-state index in [1.54, 1.807) is 0 Å². The molecule has 6 nitrogen and oxygen atoms in total. The predicted octanol–water partition coefficient (Wildman–Crippen LogP) is 0.635. The standard InChI is InChI=1S/C18H25N3O3/c22-18(21-5-7-23-8-6-21)17-13-24-12-14-9-20(11-16(14)17)10-15-3-1-2-4-19-15/h1-4,14,16-17H,5-13H2/t14-,16-,17+/m1/s1. The Morgan fingerprint density at radius 3 is 2.83 bits per heavy atom. The second-order valence-corrected chi connectivity index (χ2v) is 7.02. The number of carbonyl (C=O) groups excluding carboxylic acids is 1. The molecule has 3 aliphatic rings. The maximum absolute atomic E-state index is 12.9. The summed E-state index contributed by atoms with van der Waals surface area (Å²) in [6.45, 7) is 6.88. The maximum atomic E-state index is 12.9. The molecule has 0 aliphatic carbocycles. The van der Waals surface area contributed by atoms with Crippen LogP contribution in [0.1, 0.15) is 5.69 Å². The van der Waals surface area contributed by atoms with Crippen LogP contribution in [0.3, 0.4) is 0 Å². The van der Waals surface area contributed by atoms with Crippen molar-refractivity contribution in [1.29, 1.82) is 0 Å². The van der Waals surface area contributed by atoms with Crippen LogP contribution < -0.4 is 0 Å². The molecule has 6 heteroatoms. The molecule has 1 aromatic rings. The molecule has 3 aliphatic heterocycles. The molecule has 0 aromatic carbocycles. The highest BCUT2D eigenvalue weighted by Gasteiger charge is 2.45. The first-order valence-electron chi connectivity index (χ1n) is 8.88. The molecule has 0 radical (unpaired) electrons. The van der Waals surface area contributed by atoms with Crippen LogP contribution >= 0.6 is 0 Å². The van der Waals surface area contributed by atoms with Crippen LogP contribution in [0.5, 0.6) is 0 Å². The minimum absolute atomic E-state index is 0.00409. The number of hydrogen-bond acceptors (Lipinski definition) is 5. The molecule has 130 valence electrons. The Bertz CT molecular complexity index is 562. The van der Waals surface area contributed by atoms with Gasteiger partial charge in [-0.05, 0) is 24.0 Å². The summed E-state index contributed by atoms with van der Waals surface area (Å²) in [5.41, 5.74) is 1.09. The summed E-state index contributed by atoms with van der Waals surface area (Å²) in [6.07, 6.45) is 1.84. The number of pyridine rings is 1. The zero-order chi connectivity index (χ0) is 16.4. The highest BCUT2D eigenvalue weighted by atomic mass is 16.5. The van der Waals surface area contributed by atoms with Crippen molar-refractivity contribution in [3.63, 3.8) is 0 Å². The number of ether oxygens (including phenoxy) is 2. The summed E-state index contributed by atoms with van der Waals surface area (Å²) in [5.74, 6) is 1.11. The minimum atomic E-state index is -0.00409. The molecular weight excluding hydrogens is 306 g/mol. The van der Waals surface area contributed by atoms with E-state index in [-0.39, 0.29) is 11.8 Å². The summed E-state index contributed by atoms with van der Waals surface area (Å²) in [5, 5.41) is 0. The first-order valence-corrected chi connectivity index (χ1v) is 8.88. The summed E-state index contributed by atoms with van der Waals surface area (Å²) >= 11 is 0. The lowest BCUT2D eigenvalue weighted by Crippen LogP contribution is -2.49. The molecule has 0 saturated carbocycles. The third-order valence-corrected chi connectivity index (χ3v) is 5.47. The van der Waals surface area contributed by atoms with Gasteiger partial charge in [-0.2, -0.15) is 0 Å². The third kappa shape index (κ3) is 3.31. The van der Waals surface area contributed by atoms with Crippen LogP contribution in [-0.4, -0.2) is 73.3 Å². The Balaban J connectivity index is 1.41. The van der Waals surface area contributed by atoms with E-state index in [0.29, 0.717) is 44.7 Å². The van der Waals surface area contributed by atoms with Gasteiger partial charge in [0.15, 0.2) is 0 Å². The lowest BCUT2D eigenvalue weighted by atomic mass is 9.82. The fourth-order valence-corrected chi connectivity index (χ4v) is 4.21. The van der Waals surface area contributed by atoms with Gasteiger partial charge in [0.25, 0.3) is 0 Å². The summed E-state index contributed by atoms with van der Waals surface area (Å²) in [4.78, 5) is 21.7. The van der Waals surface area contributed by atoms with Gasteiger partial charge in [-0.25, -0.2) is 0 Å². The highest BCUT2D eigenvalue weighted by molar-refractivity contribution is 5.79. The zero-order valence-corrected chi connectivity index (χ0v) is 14.0. The number of rotatable bonds is 3. The Morgan fingerprint density at radius 1 is 1.17 bits per heavy atom. The number of hydrogen-bond donors (Lipinski definition) is 0. The largest absolute Gasteiger partial charge is 0.380 e. The molecule has 0 spiro atoms. The second kappa shape index (κ2) is 7.17. The molecule has 3 saturated heterocycles. The fraction of sp³-hybridized carbons (Fsp3) is 0.667. The van der Waals surface area contributed by atoms with Crippen molar-refractivity contribution in [2.45, 2.75) is 6.54 Å². The number of carbonyl (C=O) groups is 1. The van der Waals surface area contributed by atoms with Crippen LogP contribution in [0.2, 0.25) is 0 Å². The van der Waals surface area contributed by atoms with Gasteiger partial charge < -0.3 is 14.4 Å². The molecule has 4 rings (SSSR count). The van der Waals surface area contributed by atoms with Crippen LogP contribution in [-0.2, 0) is 20.8 Å². The van der Waals surface area contributed by atoms with E-state index in [0.717, 1.165) is 31.9 Å². The fourth-order valence-electron chi connectivity index (χ4n) is 4.21. The van der Waals surface area contributed by atoms with Gasteiger partial charge in [-0.1, -0.05) is 6.07 Å². The molecule has 4 heterocycles. The van der Waals surface area contributed by atoms with E-state index in [9.17, 15) is 4.79 Å². The van der Waals surface area contributed by atoms with Crippen LogP contribution in [0.15, 0.2) is 24.4 Å². The average Bonchev–Trinajstić information content (AvgIpc) is 3.05. The van der Waals surface area contributed by atoms with Gasteiger partial charge in [0.05, 0.1) is 38.0 Å². The maximum Gasteiger partial charge on any atom is 0.228 e. The van der Waals surface area contributed by atoms with E-state index >= 15 is 0 Å². The van der Waals surface area contributed by atoms with Crippen LogP contribution in [0.4, 0.5) is 0 Å². The van der Waals surface area contributed by atoms with E-state index in [4.69, 9.17) is 9.47 Å². The topological polar surface area (TPSA) is 54.9 Å². The quantitative estimate of drug-likeness (QED) is 0.813. The van der Waals surface area contributed by atoms with Crippen molar-refractivity contribution in [3.8, 4) is 0 Å². The van der Waals surface area contributed by atoms with Crippen molar-refractivity contribution >= 4 is 5.91 Å². The molecule has 3 atom stereocenters. The Hall–Kier alpha value is -1.50. The van der Waals surface area contributed by atoms with Gasteiger partial charge in [-0.15, -0.1) is 0 Å². The van der Waals surface area contributed by atoms with Crippen molar-refractivity contribution in [1.82, 2.24) is 14.8 Å². The first kappa shape index (κ1) is 16.0. The predicted molar refractivity (Wildman–Crippen MR) is 88.2 cm³/mol. The van der Waals surface area contributed by atoms with Gasteiger partial charge >= 0.3 is 0 Å². The Kier molecular flexibility index (Phi) is 4.78. The number of nitrogens with zero attached hydrogens (tertiary/aromatic N) is 3. The van der Waals surface area contributed by atoms with Crippen molar-refractivity contribution in [2.24, 2.45) is 17.8 Å². The number of aromatic nitrogens is 1. The van der Waals surface area contributed by atoms with E-state index in [1.807, 2.05) is 23.2 Å².